The predicted molar refractivity (Wildman–Crippen MR) is 40.9 cm³/mol. The molecule has 2 N–H and O–H groups in total. The van der Waals surface area contributed by atoms with E-state index in [4.69, 9.17) is 5.90 Å². The van der Waals surface area contributed by atoms with Crippen LogP contribution in [0.2, 0.25) is 0 Å². The molecule has 0 saturated carbocycles. The number of Topliss-reactive ketones (excluding diaryl/α,β-unsaturated/α-hetero) is 1. The van der Waals surface area contributed by atoms with Crippen LogP contribution in [-0.4, -0.2) is 12.4 Å². The number of ketones is 1. The van der Waals surface area contributed by atoms with E-state index >= 15 is 0 Å². The Kier molecular flexibility index (Phi) is 2.90. The Bertz CT molecular complexity index is 288. The molecule has 0 bridgehead atoms. The van der Waals surface area contributed by atoms with Crippen molar-refractivity contribution in [3.63, 3.8) is 0 Å². The summed E-state index contributed by atoms with van der Waals surface area (Å²) in [5, 5.41) is 0. The van der Waals surface area contributed by atoms with E-state index < -0.39 is 5.82 Å². The van der Waals surface area contributed by atoms with Gasteiger partial charge in [0.1, 0.15) is 12.4 Å². The highest BCUT2D eigenvalue weighted by Gasteiger charge is 2.05. The van der Waals surface area contributed by atoms with Crippen LogP contribution in [0.1, 0.15) is 10.4 Å². The predicted octanol–water partition coefficient (Wildman–Crippen LogP) is 0.899. The molecule has 0 fully saturated rings. The largest absolute Gasteiger partial charge is 0.296 e. The lowest BCUT2D eigenvalue weighted by molar-refractivity contribution is 0.0763. The molecule has 0 saturated heterocycles. The van der Waals surface area contributed by atoms with Gasteiger partial charge in [0.15, 0.2) is 5.78 Å². The topological polar surface area (TPSA) is 52.3 Å². The highest BCUT2D eigenvalue weighted by Crippen LogP contribution is 2.03. The number of hydrogen-bond donors (Lipinski definition) is 1. The molecule has 0 heterocycles. The molecule has 0 aliphatic rings. The Morgan fingerprint density at radius 3 is 2.92 bits per heavy atom. The zero-order chi connectivity index (χ0) is 8.97. The molecular formula is C8H8FNO2. The lowest BCUT2D eigenvalue weighted by Crippen LogP contribution is -2.12. The number of benzene rings is 1. The van der Waals surface area contributed by atoms with Gasteiger partial charge in [-0.2, -0.15) is 0 Å². The standard InChI is InChI=1S/C8H8FNO2/c9-7-3-1-2-6(4-7)8(11)5-12-10/h1-4H,5,10H2. The fraction of sp³-hybridized carbons (Fsp3) is 0.125. The monoisotopic (exact) mass is 169 g/mol. The summed E-state index contributed by atoms with van der Waals surface area (Å²) in [4.78, 5) is 15.2. The Hall–Kier alpha value is -1.26. The average molecular weight is 169 g/mol. The van der Waals surface area contributed by atoms with Gasteiger partial charge in [-0.25, -0.2) is 10.3 Å². The normalized spacial score (nSPS) is 9.83. The van der Waals surface area contributed by atoms with Gasteiger partial charge in [0.05, 0.1) is 0 Å². The van der Waals surface area contributed by atoms with Gasteiger partial charge in [-0.15, -0.1) is 0 Å². The molecule has 0 unspecified atom stereocenters. The Labute approximate surface area is 68.9 Å². The first kappa shape index (κ1) is 8.83. The zero-order valence-corrected chi connectivity index (χ0v) is 6.29. The van der Waals surface area contributed by atoms with Crippen molar-refractivity contribution in [2.75, 3.05) is 6.61 Å². The summed E-state index contributed by atoms with van der Waals surface area (Å²) in [6, 6.07) is 5.37. The Morgan fingerprint density at radius 1 is 1.58 bits per heavy atom. The first-order chi connectivity index (χ1) is 5.74. The maximum atomic E-state index is 12.5. The number of halogens is 1. The fourth-order valence-corrected chi connectivity index (χ4v) is 0.821. The zero-order valence-electron chi connectivity index (χ0n) is 6.29. The highest BCUT2D eigenvalue weighted by molar-refractivity contribution is 5.96. The minimum absolute atomic E-state index is 0.233. The van der Waals surface area contributed by atoms with E-state index in [9.17, 15) is 9.18 Å². The summed E-state index contributed by atoms with van der Waals surface area (Å²) in [5.41, 5.74) is 0.264. The van der Waals surface area contributed by atoms with Crippen LogP contribution in [0.3, 0.4) is 0 Å². The first-order valence-electron chi connectivity index (χ1n) is 3.34. The number of hydrogen-bond acceptors (Lipinski definition) is 3. The molecule has 1 aromatic carbocycles. The van der Waals surface area contributed by atoms with Gasteiger partial charge in [-0.3, -0.25) is 9.63 Å². The fourth-order valence-electron chi connectivity index (χ4n) is 0.821. The molecule has 1 aromatic rings. The van der Waals surface area contributed by atoms with Crippen molar-refractivity contribution < 1.29 is 14.0 Å². The van der Waals surface area contributed by atoms with Gasteiger partial charge in [-0.05, 0) is 12.1 Å². The van der Waals surface area contributed by atoms with Crippen LogP contribution in [0.25, 0.3) is 0 Å². The van der Waals surface area contributed by atoms with E-state index in [1.807, 2.05) is 0 Å². The van der Waals surface area contributed by atoms with E-state index in [2.05, 4.69) is 4.84 Å². The van der Waals surface area contributed by atoms with E-state index in [0.29, 0.717) is 0 Å². The van der Waals surface area contributed by atoms with E-state index in [1.165, 1.54) is 18.2 Å². The molecule has 0 aliphatic carbocycles. The molecular weight excluding hydrogens is 161 g/mol. The number of carbonyl (C=O) groups excluding carboxylic acids is 1. The van der Waals surface area contributed by atoms with Gasteiger partial charge in [0, 0.05) is 5.56 Å². The number of nitrogens with two attached hydrogens (primary N) is 1. The maximum absolute atomic E-state index is 12.5. The van der Waals surface area contributed by atoms with Crippen molar-refractivity contribution >= 4 is 5.78 Å². The van der Waals surface area contributed by atoms with Crippen LogP contribution in [0.4, 0.5) is 4.39 Å². The highest BCUT2D eigenvalue weighted by atomic mass is 19.1. The molecule has 0 atom stereocenters. The SMILES string of the molecule is NOCC(=O)c1cccc(F)c1. The molecule has 0 amide bonds. The van der Waals surface area contributed by atoms with Crippen LogP contribution in [0.5, 0.6) is 0 Å². The van der Waals surface area contributed by atoms with Gasteiger partial charge in [-0.1, -0.05) is 12.1 Å². The molecule has 64 valence electrons. The lowest BCUT2D eigenvalue weighted by Gasteiger charge is -1.97. The second-order valence-corrected chi connectivity index (χ2v) is 2.24. The van der Waals surface area contributed by atoms with Gasteiger partial charge >= 0.3 is 0 Å². The van der Waals surface area contributed by atoms with Gasteiger partial charge < -0.3 is 0 Å². The van der Waals surface area contributed by atoms with Crippen LogP contribution in [0.15, 0.2) is 24.3 Å². The summed E-state index contributed by atoms with van der Waals surface area (Å²) in [6.07, 6.45) is 0. The summed E-state index contributed by atoms with van der Waals surface area (Å²) in [5.74, 6) is 3.91. The van der Waals surface area contributed by atoms with Crippen LogP contribution in [0, 0.1) is 5.82 Å². The minimum Gasteiger partial charge on any atom is -0.296 e. The molecule has 4 heteroatoms. The van der Waals surface area contributed by atoms with Crippen LogP contribution < -0.4 is 5.90 Å². The molecule has 12 heavy (non-hydrogen) atoms. The van der Waals surface area contributed by atoms with Crippen molar-refractivity contribution in [1.82, 2.24) is 0 Å². The second-order valence-electron chi connectivity index (χ2n) is 2.24. The maximum Gasteiger partial charge on any atom is 0.190 e. The first-order valence-corrected chi connectivity index (χ1v) is 3.34. The molecule has 0 aromatic heterocycles. The molecule has 0 radical (unpaired) electrons. The van der Waals surface area contributed by atoms with Crippen molar-refractivity contribution in [1.29, 1.82) is 0 Å². The Morgan fingerprint density at radius 2 is 2.33 bits per heavy atom. The van der Waals surface area contributed by atoms with Crippen LogP contribution in [-0.2, 0) is 4.84 Å². The number of rotatable bonds is 3. The van der Waals surface area contributed by atoms with Crippen LogP contribution >= 0.6 is 0 Å². The lowest BCUT2D eigenvalue weighted by atomic mass is 10.1. The third kappa shape index (κ3) is 2.11. The summed E-state index contributed by atoms with van der Waals surface area (Å²) >= 11 is 0. The van der Waals surface area contributed by atoms with Crippen molar-refractivity contribution in [2.24, 2.45) is 5.90 Å². The van der Waals surface area contributed by atoms with E-state index in [-0.39, 0.29) is 18.0 Å². The smallest absolute Gasteiger partial charge is 0.190 e. The third-order valence-electron chi connectivity index (χ3n) is 1.36. The molecule has 1 rings (SSSR count). The minimum atomic E-state index is -0.446. The Balaban J connectivity index is 2.81. The average Bonchev–Trinajstić information content (AvgIpc) is 2.05. The van der Waals surface area contributed by atoms with Crippen molar-refractivity contribution in [3.8, 4) is 0 Å². The van der Waals surface area contributed by atoms with Crippen molar-refractivity contribution in [3.05, 3.63) is 35.6 Å². The quantitative estimate of drug-likeness (QED) is 0.540. The number of carbonyl (C=O) groups is 1. The third-order valence-corrected chi connectivity index (χ3v) is 1.36. The van der Waals surface area contributed by atoms with Gasteiger partial charge in [0.25, 0.3) is 0 Å². The summed E-state index contributed by atoms with van der Waals surface area (Å²) in [7, 11) is 0. The molecule has 0 aliphatic heterocycles. The van der Waals surface area contributed by atoms with Gasteiger partial charge in [0.2, 0.25) is 0 Å². The molecule has 0 spiro atoms. The summed E-state index contributed by atoms with van der Waals surface area (Å²) in [6.45, 7) is -0.233. The summed E-state index contributed by atoms with van der Waals surface area (Å²) < 4.78 is 12.5. The van der Waals surface area contributed by atoms with E-state index in [1.54, 1.807) is 0 Å². The molecule has 3 nitrogen and oxygen atoms in total. The van der Waals surface area contributed by atoms with Crippen molar-refractivity contribution in [2.45, 2.75) is 0 Å². The second kappa shape index (κ2) is 3.94. The van der Waals surface area contributed by atoms with E-state index in [0.717, 1.165) is 6.07 Å².